The van der Waals surface area contributed by atoms with Crippen LogP contribution in [-0.4, -0.2) is 25.7 Å². The normalized spacial score (nSPS) is 15.2. The summed E-state index contributed by atoms with van der Waals surface area (Å²) in [6.45, 7) is 0. The summed E-state index contributed by atoms with van der Waals surface area (Å²) in [6, 6.07) is 24.8. The molecule has 1 aliphatic heterocycles. The van der Waals surface area contributed by atoms with Crippen molar-refractivity contribution >= 4 is 29.1 Å². The van der Waals surface area contributed by atoms with Crippen LogP contribution >= 0.6 is 0 Å². The molecule has 0 spiro atoms. The molecule has 2 aliphatic rings. The molecule has 0 radical (unpaired) electrons. The summed E-state index contributed by atoms with van der Waals surface area (Å²) in [6.07, 6.45) is 7.34. The first-order chi connectivity index (χ1) is 16.5. The fourth-order valence-electron chi connectivity index (χ4n) is 4.07. The summed E-state index contributed by atoms with van der Waals surface area (Å²) in [4.78, 5) is 28.3. The van der Waals surface area contributed by atoms with E-state index in [1.54, 1.807) is 36.4 Å². The monoisotopic (exact) mass is 445 g/mol. The Bertz CT molecular complexity index is 1370. The van der Waals surface area contributed by atoms with Crippen molar-refractivity contribution in [2.75, 3.05) is 19.0 Å². The van der Waals surface area contributed by atoms with Gasteiger partial charge in [-0.2, -0.15) is 0 Å². The van der Waals surface area contributed by atoms with Crippen LogP contribution in [0.25, 0.3) is 11.8 Å². The number of benzene rings is 3. The Balaban J connectivity index is 1.56. The topological polar surface area (TPSA) is 46.6 Å². The highest BCUT2D eigenvalue weighted by molar-refractivity contribution is 6.40. The first-order valence-corrected chi connectivity index (χ1v) is 11.1. The second-order valence-corrected chi connectivity index (χ2v) is 8.38. The fourth-order valence-corrected chi connectivity index (χ4v) is 4.07. The Labute approximate surface area is 198 Å². The van der Waals surface area contributed by atoms with Crippen molar-refractivity contribution in [3.8, 4) is 0 Å². The molecule has 0 amide bonds. The molecule has 166 valence electrons. The van der Waals surface area contributed by atoms with E-state index >= 15 is 0 Å². The quantitative estimate of drug-likeness (QED) is 0.360. The molecule has 3 aromatic rings. The van der Waals surface area contributed by atoms with E-state index in [0.717, 1.165) is 16.8 Å². The third kappa shape index (κ3) is 4.02. The lowest BCUT2D eigenvalue weighted by atomic mass is 9.99. The zero-order chi connectivity index (χ0) is 23.7. The van der Waals surface area contributed by atoms with E-state index in [4.69, 9.17) is 4.74 Å². The maximum absolute atomic E-state index is 13.1. The minimum atomic E-state index is -0.250. The molecule has 4 heteroatoms. The number of carbonyl (C=O) groups excluding carboxylic acids is 2. The molecule has 0 aromatic heterocycles. The summed E-state index contributed by atoms with van der Waals surface area (Å²) in [5.74, 6) is 0.641. The minimum Gasteiger partial charge on any atom is -0.457 e. The van der Waals surface area contributed by atoms with Gasteiger partial charge in [0.15, 0.2) is 11.6 Å². The van der Waals surface area contributed by atoms with Crippen molar-refractivity contribution in [2.45, 2.75) is 0 Å². The van der Waals surface area contributed by atoms with Gasteiger partial charge in [-0.25, -0.2) is 0 Å². The smallest absolute Gasteiger partial charge is 0.198 e. The third-order valence-electron chi connectivity index (χ3n) is 5.88. The summed E-state index contributed by atoms with van der Waals surface area (Å²) in [7, 11) is 4.00. The SMILES string of the molecule is CN(C)c1ccc(/C=C/C2=CC(=C3C(=O)c4ccccc4C3=O)C=C(c3ccccc3)O2)cc1. The van der Waals surface area contributed by atoms with Gasteiger partial charge in [-0.1, -0.05) is 72.8 Å². The van der Waals surface area contributed by atoms with Crippen molar-refractivity contribution < 1.29 is 14.3 Å². The highest BCUT2D eigenvalue weighted by Gasteiger charge is 2.35. The zero-order valence-corrected chi connectivity index (χ0v) is 19.0. The Morgan fingerprint density at radius 3 is 1.94 bits per heavy atom. The number of ether oxygens (including phenoxy) is 1. The molecular weight excluding hydrogens is 422 g/mol. The number of anilines is 1. The summed E-state index contributed by atoms with van der Waals surface area (Å²) in [5, 5.41) is 0. The largest absolute Gasteiger partial charge is 0.457 e. The van der Waals surface area contributed by atoms with E-state index in [2.05, 4.69) is 0 Å². The Kier molecular flexibility index (Phi) is 5.56. The lowest BCUT2D eigenvalue weighted by molar-refractivity contribution is 0.0988. The van der Waals surface area contributed by atoms with Crippen LogP contribution in [0.3, 0.4) is 0 Å². The molecule has 5 rings (SSSR count). The van der Waals surface area contributed by atoms with Gasteiger partial charge in [0.2, 0.25) is 0 Å². The van der Waals surface area contributed by atoms with Gasteiger partial charge < -0.3 is 9.64 Å². The summed E-state index contributed by atoms with van der Waals surface area (Å²) < 4.78 is 6.16. The maximum atomic E-state index is 13.1. The van der Waals surface area contributed by atoms with E-state index in [1.807, 2.05) is 85.7 Å². The number of carbonyl (C=O) groups is 2. The maximum Gasteiger partial charge on any atom is 0.198 e. The van der Waals surface area contributed by atoms with Crippen molar-refractivity contribution in [3.05, 3.63) is 136 Å². The van der Waals surface area contributed by atoms with Crippen LogP contribution in [0.15, 0.2) is 114 Å². The lowest BCUT2D eigenvalue weighted by Gasteiger charge is -2.17. The number of nitrogens with zero attached hydrogens (tertiary/aromatic N) is 1. The number of fused-ring (bicyclic) bond motifs is 1. The number of hydrogen-bond donors (Lipinski definition) is 0. The molecule has 0 bridgehead atoms. The van der Waals surface area contributed by atoms with Gasteiger partial charge in [0, 0.05) is 36.5 Å². The Hall–Kier alpha value is -4.44. The molecule has 34 heavy (non-hydrogen) atoms. The van der Waals surface area contributed by atoms with Crippen LogP contribution in [-0.2, 0) is 4.74 Å². The van der Waals surface area contributed by atoms with E-state index in [0.29, 0.717) is 28.2 Å². The van der Waals surface area contributed by atoms with Crippen LogP contribution in [0.5, 0.6) is 0 Å². The number of ketones is 2. The van der Waals surface area contributed by atoms with Crippen LogP contribution < -0.4 is 4.90 Å². The minimum absolute atomic E-state index is 0.180. The first kappa shape index (κ1) is 21.4. The number of hydrogen-bond acceptors (Lipinski definition) is 4. The van der Waals surface area contributed by atoms with Crippen LogP contribution in [0.2, 0.25) is 0 Å². The zero-order valence-electron chi connectivity index (χ0n) is 19.0. The van der Waals surface area contributed by atoms with Crippen LogP contribution in [0.1, 0.15) is 31.8 Å². The van der Waals surface area contributed by atoms with Gasteiger partial charge in [0.1, 0.15) is 11.5 Å². The molecule has 0 atom stereocenters. The highest BCUT2D eigenvalue weighted by Crippen LogP contribution is 2.34. The molecule has 0 fully saturated rings. The average molecular weight is 446 g/mol. The second-order valence-electron chi connectivity index (χ2n) is 8.38. The highest BCUT2D eigenvalue weighted by atomic mass is 16.5. The van der Waals surface area contributed by atoms with Crippen LogP contribution in [0, 0.1) is 0 Å². The molecule has 3 aromatic carbocycles. The number of allylic oxidation sites excluding steroid dienone is 5. The second kappa shape index (κ2) is 8.83. The van der Waals surface area contributed by atoms with Crippen LogP contribution in [0.4, 0.5) is 5.69 Å². The molecule has 0 saturated heterocycles. The van der Waals surface area contributed by atoms with Gasteiger partial charge in [-0.15, -0.1) is 0 Å². The van der Waals surface area contributed by atoms with Gasteiger partial charge in [-0.05, 0) is 41.5 Å². The molecule has 0 saturated carbocycles. The van der Waals surface area contributed by atoms with E-state index in [-0.39, 0.29) is 17.1 Å². The van der Waals surface area contributed by atoms with Gasteiger partial charge in [0.25, 0.3) is 0 Å². The van der Waals surface area contributed by atoms with Crippen molar-refractivity contribution in [1.82, 2.24) is 0 Å². The van der Waals surface area contributed by atoms with Crippen molar-refractivity contribution in [2.24, 2.45) is 0 Å². The van der Waals surface area contributed by atoms with Gasteiger partial charge >= 0.3 is 0 Å². The molecule has 0 unspecified atom stereocenters. The summed E-state index contributed by atoms with van der Waals surface area (Å²) >= 11 is 0. The third-order valence-corrected chi connectivity index (χ3v) is 5.88. The van der Waals surface area contributed by atoms with Gasteiger partial charge in [-0.3, -0.25) is 9.59 Å². The predicted octanol–water partition coefficient (Wildman–Crippen LogP) is 6.10. The molecule has 0 N–H and O–H groups in total. The number of rotatable bonds is 4. The standard InChI is InChI=1S/C30H23NO3/c1-31(2)23-15-12-20(13-16-23)14-17-24-18-22(19-27(34-24)21-8-4-3-5-9-21)28-29(32)25-10-6-7-11-26(25)30(28)33/h3-19H,1-2H3/b17-14+. The fraction of sp³-hybridized carbons (Fsp3) is 0.0667. The van der Waals surface area contributed by atoms with Crippen molar-refractivity contribution in [1.29, 1.82) is 0 Å². The number of Topliss-reactive ketones (excluding diaryl/α,β-unsaturated/α-hetero) is 2. The van der Waals surface area contributed by atoms with E-state index in [1.165, 1.54) is 0 Å². The molecule has 4 nitrogen and oxygen atoms in total. The van der Waals surface area contributed by atoms with E-state index < -0.39 is 0 Å². The van der Waals surface area contributed by atoms with E-state index in [9.17, 15) is 9.59 Å². The van der Waals surface area contributed by atoms with Gasteiger partial charge in [0.05, 0.1) is 5.57 Å². The predicted molar refractivity (Wildman–Crippen MR) is 136 cm³/mol. The molecule has 1 heterocycles. The molecule has 1 aliphatic carbocycles. The first-order valence-electron chi connectivity index (χ1n) is 11.1. The molecular formula is C30H23NO3. The summed E-state index contributed by atoms with van der Waals surface area (Å²) in [5.41, 5.74) is 4.62. The average Bonchev–Trinajstić information content (AvgIpc) is 3.13. The van der Waals surface area contributed by atoms with Crippen molar-refractivity contribution in [3.63, 3.8) is 0 Å². The Morgan fingerprint density at radius 1 is 0.706 bits per heavy atom. The lowest BCUT2D eigenvalue weighted by Crippen LogP contribution is -2.08. The Morgan fingerprint density at radius 2 is 1.32 bits per heavy atom.